The predicted molar refractivity (Wildman–Crippen MR) is 85.3 cm³/mol. The van der Waals surface area contributed by atoms with E-state index in [1.807, 2.05) is 19.9 Å². The van der Waals surface area contributed by atoms with Gasteiger partial charge in [0.25, 0.3) is 0 Å². The molecule has 2 N–H and O–H groups in total. The Kier molecular flexibility index (Phi) is 6.68. The maximum Gasteiger partial charge on any atom is 0.416 e. The number of benzene rings is 2. The van der Waals surface area contributed by atoms with E-state index < -0.39 is 22.6 Å². The molecular formula is C16H16F3NO3S. The molecule has 0 spiro atoms. The van der Waals surface area contributed by atoms with Gasteiger partial charge < -0.3 is 0 Å². The van der Waals surface area contributed by atoms with Crippen LogP contribution in [0, 0.1) is 13.8 Å². The lowest BCUT2D eigenvalue weighted by Crippen LogP contribution is -2.07. The number of carbonyl (C=O) groups is 1. The van der Waals surface area contributed by atoms with Gasteiger partial charge >= 0.3 is 6.18 Å². The van der Waals surface area contributed by atoms with Gasteiger partial charge in [0, 0.05) is 11.1 Å². The Morgan fingerprint density at radius 2 is 1.50 bits per heavy atom. The van der Waals surface area contributed by atoms with E-state index in [0.29, 0.717) is 5.56 Å². The molecule has 0 heterocycles. The maximum absolute atomic E-state index is 12.5. The lowest BCUT2D eigenvalue weighted by atomic mass is 9.96. The molecule has 0 aliphatic heterocycles. The Morgan fingerprint density at radius 1 is 1.00 bits per heavy atom. The van der Waals surface area contributed by atoms with Crippen LogP contribution in [0.2, 0.25) is 0 Å². The monoisotopic (exact) mass is 359 g/mol. The smallest absolute Gasteiger partial charge is 0.289 e. The van der Waals surface area contributed by atoms with Crippen molar-refractivity contribution in [1.82, 2.24) is 0 Å². The fourth-order valence-electron chi connectivity index (χ4n) is 1.96. The molecule has 130 valence electrons. The van der Waals surface area contributed by atoms with Crippen LogP contribution in [0.25, 0.3) is 0 Å². The first kappa shape index (κ1) is 19.9. The highest BCUT2D eigenvalue weighted by Gasteiger charge is 2.30. The molecule has 0 aliphatic carbocycles. The Balaban J connectivity index is 0.000000648. The van der Waals surface area contributed by atoms with E-state index in [4.69, 9.17) is 8.42 Å². The number of rotatable bonds is 2. The Hall–Kier alpha value is -2.19. The molecule has 2 aromatic rings. The summed E-state index contributed by atoms with van der Waals surface area (Å²) < 4.78 is 55.1. The number of alkyl halides is 3. The van der Waals surface area contributed by atoms with Gasteiger partial charge in [0.15, 0.2) is 16.7 Å². The summed E-state index contributed by atoms with van der Waals surface area (Å²) in [6.07, 6.45) is -4.39. The molecule has 0 atom stereocenters. The van der Waals surface area contributed by atoms with Crippen LogP contribution < -0.4 is 5.14 Å². The van der Waals surface area contributed by atoms with E-state index in [0.717, 1.165) is 23.3 Å². The maximum atomic E-state index is 12.5. The van der Waals surface area contributed by atoms with Crippen molar-refractivity contribution in [3.63, 3.8) is 0 Å². The number of ketones is 1. The summed E-state index contributed by atoms with van der Waals surface area (Å²) in [6, 6.07) is 9.62. The van der Waals surface area contributed by atoms with Crippen molar-refractivity contribution in [1.29, 1.82) is 0 Å². The zero-order valence-electron chi connectivity index (χ0n) is 12.9. The van der Waals surface area contributed by atoms with E-state index >= 15 is 0 Å². The fraction of sp³-hybridized carbons (Fsp3) is 0.188. The topological polar surface area (TPSA) is 77.2 Å². The molecule has 2 aromatic carbocycles. The third kappa shape index (κ3) is 5.47. The van der Waals surface area contributed by atoms with Crippen LogP contribution in [0.5, 0.6) is 0 Å². The third-order valence-corrected chi connectivity index (χ3v) is 3.32. The van der Waals surface area contributed by atoms with Crippen molar-refractivity contribution in [3.8, 4) is 0 Å². The highest BCUT2D eigenvalue weighted by molar-refractivity contribution is 7.69. The summed E-state index contributed by atoms with van der Waals surface area (Å²) in [7, 11) is -2.62. The van der Waals surface area contributed by atoms with E-state index in [1.54, 1.807) is 12.1 Å². The van der Waals surface area contributed by atoms with E-state index in [-0.39, 0.29) is 11.3 Å². The van der Waals surface area contributed by atoms with Gasteiger partial charge in [-0.25, -0.2) is 13.6 Å². The summed E-state index contributed by atoms with van der Waals surface area (Å²) in [5, 5.41) is 4.06. The molecule has 0 amide bonds. The number of hydrogen-bond acceptors (Lipinski definition) is 3. The molecule has 0 fully saturated rings. The van der Waals surface area contributed by atoms with Crippen molar-refractivity contribution in [2.75, 3.05) is 0 Å². The van der Waals surface area contributed by atoms with Gasteiger partial charge in [0.05, 0.1) is 5.56 Å². The lowest BCUT2D eigenvalue weighted by molar-refractivity contribution is -0.137. The largest absolute Gasteiger partial charge is 0.416 e. The average Bonchev–Trinajstić information content (AvgIpc) is 2.48. The first-order valence-electron chi connectivity index (χ1n) is 6.71. The highest BCUT2D eigenvalue weighted by Crippen LogP contribution is 2.29. The molecule has 0 saturated heterocycles. The summed E-state index contributed by atoms with van der Waals surface area (Å²) in [5.74, 6) is -0.264. The molecule has 0 unspecified atom stereocenters. The standard InChI is InChI=1S/C16H13F3O.H3NO2S/c1-10-4-3-5-14(11(10)2)15(20)12-6-8-13(9-7-12)16(17,18)19;1-4(2)3/h3-9H,1-2H3;4H,(H2,1,2,3). The van der Waals surface area contributed by atoms with Gasteiger partial charge in [-0.05, 0) is 37.1 Å². The second-order valence-electron chi connectivity index (χ2n) is 4.94. The molecule has 0 aromatic heterocycles. The Morgan fingerprint density at radius 3 is 1.96 bits per heavy atom. The fourth-order valence-corrected chi connectivity index (χ4v) is 1.96. The summed E-state index contributed by atoms with van der Waals surface area (Å²) in [5.41, 5.74) is 1.84. The van der Waals surface area contributed by atoms with Crippen molar-refractivity contribution in [3.05, 3.63) is 70.3 Å². The molecule has 0 saturated carbocycles. The van der Waals surface area contributed by atoms with Gasteiger partial charge in [-0.2, -0.15) is 13.2 Å². The Labute approximate surface area is 139 Å². The number of hydrogen-bond donors (Lipinski definition) is 2. The van der Waals surface area contributed by atoms with Crippen molar-refractivity contribution in [2.45, 2.75) is 20.0 Å². The van der Waals surface area contributed by atoms with Crippen molar-refractivity contribution < 1.29 is 26.4 Å². The van der Waals surface area contributed by atoms with Crippen LogP contribution in [-0.2, 0) is 17.1 Å². The minimum absolute atomic E-state index is 0.256. The van der Waals surface area contributed by atoms with Crippen LogP contribution in [0.15, 0.2) is 42.5 Å². The van der Waals surface area contributed by atoms with Crippen LogP contribution in [0.3, 0.4) is 0 Å². The van der Waals surface area contributed by atoms with Crippen molar-refractivity contribution in [2.24, 2.45) is 5.14 Å². The van der Waals surface area contributed by atoms with Crippen LogP contribution >= 0.6 is 0 Å². The molecule has 2 rings (SSSR count). The van der Waals surface area contributed by atoms with Gasteiger partial charge in [0.2, 0.25) is 0 Å². The third-order valence-electron chi connectivity index (χ3n) is 3.32. The molecule has 8 heteroatoms. The quantitative estimate of drug-likeness (QED) is 0.639. The second kappa shape index (κ2) is 8.07. The van der Waals surface area contributed by atoms with Gasteiger partial charge in [-0.1, -0.05) is 30.3 Å². The number of aryl methyl sites for hydroxylation is 1. The van der Waals surface area contributed by atoms with Gasteiger partial charge in [-0.15, -0.1) is 0 Å². The zero-order valence-corrected chi connectivity index (χ0v) is 13.8. The van der Waals surface area contributed by atoms with Crippen LogP contribution in [-0.4, -0.2) is 14.2 Å². The average molecular weight is 359 g/mol. The van der Waals surface area contributed by atoms with Crippen LogP contribution in [0.4, 0.5) is 13.2 Å². The zero-order chi connectivity index (χ0) is 18.5. The number of carbonyl (C=O) groups excluding carboxylic acids is 1. The summed E-state index contributed by atoms with van der Waals surface area (Å²) >= 11 is 0. The summed E-state index contributed by atoms with van der Waals surface area (Å²) in [6.45, 7) is 3.71. The first-order valence-corrected chi connectivity index (χ1v) is 7.96. The second-order valence-corrected chi connectivity index (χ2v) is 5.51. The SMILES string of the molecule is Cc1cccc(C(=O)c2ccc(C(F)(F)F)cc2)c1C.N[SH](=O)=O. The molecule has 24 heavy (non-hydrogen) atoms. The highest BCUT2D eigenvalue weighted by atomic mass is 32.2. The minimum atomic E-state index is -4.39. The normalized spacial score (nSPS) is 11.0. The first-order chi connectivity index (χ1) is 11.0. The predicted octanol–water partition coefficient (Wildman–Crippen LogP) is 3.02. The summed E-state index contributed by atoms with van der Waals surface area (Å²) in [4.78, 5) is 12.3. The van der Waals surface area contributed by atoms with Crippen molar-refractivity contribution >= 4 is 16.7 Å². The van der Waals surface area contributed by atoms with Gasteiger partial charge in [-0.3, -0.25) is 4.79 Å². The van der Waals surface area contributed by atoms with Crippen LogP contribution in [0.1, 0.15) is 32.6 Å². The van der Waals surface area contributed by atoms with E-state index in [1.165, 1.54) is 12.1 Å². The lowest BCUT2D eigenvalue weighted by Gasteiger charge is -2.09. The number of thiol groups is 1. The molecule has 0 aliphatic rings. The number of halogens is 3. The molecule has 0 radical (unpaired) electrons. The molecule has 0 bridgehead atoms. The Bertz CT molecular complexity index is 789. The number of nitrogens with two attached hydrogens (primary N) is 1. The molecule has 4 nitrogen and oxygen atoms in total. The van der Waals surface area contributed by atoms with E-state index in [2.05, 4.69) is 5.14 Å². The molecular weight excluding hydrogens is 343 g/mol. The minimum Gasteiger partial charge on any atom is -0.289 e. The van der Waals surface area contributed by atoms with E-state index in [9.17, 15) is 18.0 Å². The van der Waals surface area contributed by atoms with Gasteiger partial charge in [0.1, 0.15) is 0 Å².